The SMILES string of the molecule is CCc1ccc(OCC(=O)O[C@@H](C(=O)NC(=O)NC)c2ccccc2)cc1. The van der Waals surface area contributed by atoms with E-state index in [0.717, 1.165) is 12.0 Å². The van der Waals surface area contributed by atoms with Crippen LogP contribution in [0.4, 0.5) is 4.79 Å². The van der Waals surface area contributed by atoms with E-state index in [4.69, 9.17) is 9.47 Å². The molecular weight excluding hydrogens is 348 g/mol. The molecule has 0 saturated carbocycles. The maximum Gasteiger partial charge on any atom is 0.345 e. The Morgan fingerprint density at radius 3 is 2.26 bits per heavy atom. The number of amides is 3. The average molecular weight is 370 g/mol. The summed E-state index contributed by atoms with van der Waals surface area (Å²) in [4.78, 5) is 35.9. The fourth-order valence-electron chi connectivity index (χ4n) is 2.27. The fourth-order valence-corrected chi connectivity index (χ4v) is 2.27. The molecule has 0 radical (unpaired) electrons. The van der Waals surface area contributed by atoms with Gasteiger partial charge >= 0.3 is 12.0 Å². The third-order valence-corrected chi connectivity index (χ3v) is 3.74. The second-order valence-electron chi connectivity index (χ2n) is 5.64. The minimum Gasteiger partial charge on any atom is -0.482 e. The van der Waals surface area contributed by atoms with Gasteiger partial charge in [0.05, 0.1) is 0 Å². The van der Waals surface area contributed by atoms with Crippen molar-refractivity contribution in [1.29, 1.82) is 0 Å². The summed E-state index contributed by atoms with van der Waals surface area (Å²) in [6, 6.07) is 15.1. The van der Waals surface area contributed by atoms with E-state index in [0.29, 0.717) is 11.3 Å². The first-order valence-corrected chi connectivity index (χ1v) is 8.52. The Hall–Kier alpha value is -3.35. The maximum absolute atomic E-state index is 12.3. The van der Waals surface area contributed by atoms with Crippen LogP contribution in [-0.2, 0) is 20.7 Å². The highest BCUT2D eigenvalue weighted by molar-refractivity contribution is 5.97. The van der Waals surface area contributed by atoms with Gasteiger partial charge in [0.25, 0.3) is 5.91 Å². The molecule has 7 nitrogen and oxygen atoms in total. The quantitative estimate of drug-likeness (QED) is 0.730. The predicted molar refractivity (Wildman–Crippen MR) is 99.2 cm³/mol. The molecule has 142 valence electrons. The molecule has 2 aromatic rings. The van der Waals surface area contributed by atoms with Crippen LogP contribution in [0.2, 0.25) is 0 Å². The number of carbonyl (C=O) groups excluding carboxylic acids is 3. The molecule has 3 amide bonds. The number of nitrogens with one attached hydrogen (secondary N) is 2. The highest BCUT2D eigenvalue weighted by atomic mass is 16.6. The van der Waals surface area contributed by atoms with Crippen LogP contribution in [0.25, 0.3) is 0 Å². The molecule has 0 unspecified atom stereocenters. The summed E-state index contributed by atoms with van der Waals surface area (Å²) >= 11 is 0. The van der Waals surface area contributed by atoms with E-state index in [1.165, 1.54) is 7.05 Å². The van der Waals surface area contributed by atoms with E-state index in [-0.39, 0.29) is 6.61 Å². The Morgan fingerprint density at radius 2 is 1.67 bits per heavy atom. The van der Waals surface area contributed by atoms with Crippen LogP contribution in [0.5, 0.6) is 5.75 Å². The molecule has 27 heavy (non-hydrogen) atoms. The lowest BCUT2D eigenvalue weighted by Crippen LogP contribution is -2.41. The van der Waals surface area contributed by atoms with E-state index in [1.807, 2.05) is 19.1 Å². The highest BCUT2D eigenvalue weighted by Crippen LogP contribution is 2.18. The topological polar surface area (TPSA) is 93.7 Å². The van der Waals surface area contributed by atoms with E-state index in [1.54, 1.807) is 42.5 Å². The van der Waals surface area contributed by atoms with Crippen LogP contribution in [0, 0.1) is 0 Å². The third-order valence-electron chi connectivity index (χ3n) is 3.74. The zero-order valence-electron chi connectivity index (χ0n) is 15.2. The van der Waals surface area contributed by atoms with Gasteiger partial charge in [0.15, 0.2) is 6.61 Å². The van der Waals surface area contributed by atoms with Crippen molar-refractivity contribution in [2.75, 3.05) is 13.7 Å². The molecule has 0 heterocycles. The zero-order valence-corrected chi connectivity index (χ0v) is 15.2. The lowest BCUT2D eigenvalue weighted by Gasteiger charge is -2.17. The van der Waals surface area contributed by atoms with E-state index in [9.17, 15) is 14.4 Å². The molecule has 1 atom stereocenters. The fraction of sp³-hybridized carbons (Fsp3) is 0.250. The van der Waals surface area contributed by atoms with Crippen molar-refractivity contribution < 1.29 is 23.9 Å². The lowest BCUT2D eigenvalue weighted by molar-refractivity contribution is -0.158. The molecule has 0 aliphatic carbocycles. The largest absolute Gasteiger partial charge is 0.482 e. The van der Waals surface area contributed by atoms with Gasteiger partial charge in [-0.05, 0) is 24.1 Å². The Kier molecular flexibility index (Phi) is 7.37. The normalized spacial score (nSPS) is 11.2. The second kappa shape index (κ2) is 9.96. The van der Waals surface area contributed by atoms with Gasteiger partial charge in [-0.25, -0.2) is 9.59 Å². The molecule has 0 aromatic heterocycles. The summed E-state index contributed by atoms with van der Waals surface area (Å²) in [5.41, 5.74) is 1.60. The summed E-state index contributed by atoms with van der Waals surface area (Å²) in [5, 5.41) is 4.39. The smallest absolute Gasteiger partial charge is 0.345 e. The van der Waals surface area contributed by atoms with Crippen molar-refractivity contribution in [3.63, 3.8) is 0 Å². The number of urea groups is 1. The van der Waals surface area contributed by atoms with Gasteiger partial charge in [0, 0.05) is 12.6 Å². The summed E-state index contributed by atoms with van der Waals surface area (Å²) in [7, 11) is 1.38. The molecule has 2 rings (SSSR count). The van der Waals surface area contributed by atoms with Crippen LogP contribution in [-0.4, -0.2) is 31.6 Å². The molecule has 7 heteroatoms. The second-order valence-corrected chi connectivity index (χ2v) is 5.64. The van der Waals surface area contributed by atoms with Crippen molar-refractivity contribution in [2.24, 2.45) is 0 Å². The number of imide groups is 1. The number of ether oxygens (including phenoxy) is 2. The molecule has 0 fully saturated rings. The molecule has 0 aliphatic heterocycles. The van der Waals surface area contributed by atoms with Crippen LogP contribution in [0.15, 0.2) is 54.6 Å². The minimum absolute atomic E-state index is 0.359. The summed E-state index contributed by atoms with van der Waals surface area (Å²) < 4.78 is 10.7. The Morgan fingerprint density at radius 1 is 1.00 bits per heavy atom. The van der Waals surface area contributed by atoms with Crippen molar-refractivity contribution >= 4 is 17.9 Å². The summed E-state index contributed by atoms with van der Waals surface area (Å²) in [6.07, 6.45) is -0.358. The summed E-state index contributed by atoms with van der Waals surface area (Å²) in [6.45, 7) is 1.68. The van der Waals surface area contributed by atoms with Gasteiger partial charge in [0.1, 0.15) is 5.75 Å². The number of benzene rings is 2. The number of aryl methyl sites for hydroxylation is 1. The van der Waals surface area contributed by atoms with Gasteiger partial charge in [-0.15, -0.1) is 0 Å². The van der Waals surface area contributed by atoms with Gasteiger partial charge in [-0.2, -0.15) is 0 Å². The number of hydrogen-bond donors (Lipinski definition) is 2. The predicted octanol–water partition coefficient (Wildman–Crippen LogP) is 2.37. The van der Waals surface area contributed by atoms with Gasteiger partial charge in [0.2, 0.25) is 6.10 Å². The average Bonchev–Trinajstić information content (AvgIpc) is 2.71. The first-order valence-electron chi connectivity index (χ1n) is 8.52. The van der Waals surface area contributed by atoms with Crippen LogP contribution < -0.4 is 15.4 Å². The molecule has 2 aromatic carbocycles. The number of esters is 1. The van der Waals surface area contributed by atoms with Gasteiger partial charge in [-0.1, -0.05) is 49.4 Å². The van der Waals surface area contributed by atoms with Crippen molar-refractivity contribution in [3.8, 4) is 5.75 Å². The maximum atomic E-state index is 12.3. The highest BCUT2D eigenvalue weighted by Gasteiger charge is 2.26. The molecular formula is C20H22N2O5. The Balaban J connectivity index is 2.01. The molecule has 2 N–H and O–H groups in total. The zero-order chi connectivity index (χ0) is 19.6. The van der Waals surface area contributed by atoms with E-state index >= 15 is 0 Å². The molecule has 0 spiro atoms. The van der Waals surface area contributed by atoms with Crippen molar-refractivity contribution in [1.82, 2.24) is 10.6 Å². The Bertz CT molecular complexity index is 775. The first kappa shape index (κ1) is 20.0. The molecule has 0 aliphatic rings. The first-order chi connectivity index (χ1) is 13.0. The molecule has 0 bridgehead atoms. The molecule has 0 saturated heterocycles. The number of hydrogen-bond acceptors (Lipinski definition) is 5. The van der Waals surface area contributed by atoms with Gasteiger partial charge < -0.3 is 14.8 Å². The third kappa shape index (κ3) is 6.14. The van der Waals surface area contributed by atoms with Crippen molar-refractivity contribution in [3.05, 3.63) is 65.7 Å². The lowest BCUT2D eigenvalue weighted by atomic mass is 10.1. The standard InChI is InChI=1S/C20H22N2O5/c1-3-14-9-11-16(12-10-14)26-13-17(23)27-18(15-7-5-4-6-8-15)19(24)22-20(25)21-2/h4-12,18H,3,13H2,1-2H3,(H2,21,22,24,25)/t18-/m1/s1. The van der Waals surface area contributed by atoms with Gasteiger partial charge in [-0.3, -0.25) is 10.1 Å². The minimum atomic E-state index is -1.26. The van der Waals surface area contributed by atoms with Crippen LogP contribution >= 0.6 is 0 Å². The van der Waals surface area contributed by atoms with E-state index in [2.05, 4.69) is 10.6 Å². The number of rotatable bonds is 7. The Labute approximate surface area is 157 Å². The van der Waals surface area contributed by atoms with Crippen LogP contribution in [0.1, 0.15) is 24.2 Å². The van der Waals surface area contributed by atoms with Crippen LogP contribution in [0.3, 0.4) is 0 Å². The van der Waals surface area contributed by atoms with E-state index < -0.39 is 24.0 Å². The number of carbonyl (C=O) groups is 3. The van der Waals surface area contributed by atoms with Crippen molar-refractivity contribution in [2.45, 2.75) is 19.4 Å². The monoisotopic (exact) mass is 370 g/mol. The summed E-state index contributed by atoms with van der Waals surface area (Å²) in [5.74, 6) is -0.952.